The van der Waals surface area contributed by atoms with Crippen molar-refractivity contribution < 1.29 is 14.2 Å². The number of benzene rings is 1. The fourth-order valence-corrected chi connectivity index (χ4v) is 1.83. The zero-order valence-electron chi connectivity index (χ0n) is 10.3. The maximum atomic E-state index is 13.6. The van der Waals surface area contributed by atoms with E-state index in [-0.39, 0.29) is 18.9 Å². The monoisotopic (exact) mass is 260 g/mol. The fourth-order valence-electron chi connectivity index (χ4n) is 1.67. The zero-order chi connectivity index (χ0) is 13.1. The van der Waals surface area contributed by atoms with Crippen molar-refractivity contribution >= 4 is 11.6 Å². The number of halogens is 2. The minimum atomic E-state index is -1.07. The lowest BCUT2D eigenvalue weighted by atomic mass is 9.85. The van der Waals surface area contributed by atoms with Crippen LogP contribution in [0, 0.1) is 11.7 Å². The molecule has 1 atom stereocenters. The Balaban J connectivity index is 2.93. The van der Waals surface area contributed by atoms with Gasteiger partial charge in [0.05, 0.1) is 12.2 Å². The van der Waals surface area contributed by atoms with E-state index in [0.29, 0.717) is 10.6 Å². The molecule has 96 valence electrons. The van der Waals surface area contributed by atoms with Gasteiger partial charge in [-0.05, 0) is 23.6 Å². The highest BCUT2D eigenvalue weighted by Crippen LogP contribution is 2.25. The predicted octanol–water partition coefficient (Wildman–Crippen LogP) is 3.06. The van der Waals surface area contributed by atoms with Gasteiger partial charge in [0.25, 0.3) is 0 Å². The van der Waals surface area contributed by atoms with E-state index in [1.165, 1.54) is 13.2 Å². The molecule has 0 aliphatic heterocycles. The number of ether oxygens (including phenoxy) is 1. The third kappa shape index (κ3) is 3.66. The van der Waals surface area contributed by atoms with Crippen molar-refractivity contribution in [2.75, 3.05) is 13.7 Å². The molecule has 1 unspecified atom stereocenters. The van der Waals surface area contributed by atoms with Crippen molar-refractivity contribution in [3.63, 3.8) is 0 Å². The Bertz CT molecular complexity index is 382. The Labute approximate surface area is 106 Å². The van der Waals surface area contributed by atoms with E-state index in [1.807, 2.05) is 13.8 Å². The van der Waals surface area contributed by atoms with Gasteiger partial charge in [-0.15, -0.1) is 0 Å². The summed E-state index contributed by atoms with van der Waals surface area (Å²) in [7, 11) is 1.52. The van der Waals surface area contributed by atoms with Gasteiger partial charge in [-0.25, -0.2) is 4.39 Å². The Kier molecular flexibility index (Phi) is 4.92. The second kappa shape index (κ2) is 5.80. The molecule has 0 amide bonds. The molecule has 1 N–H and O–H groups in total. The largest absolute Gasteiger partial charge is 0.387 e. The van der Waals surface area contributed by atoms with E-state index in [2.05, 4.69) is 0 Å². The van der Waals surface area contributed by atoms with Crippen LogP contribution in [0.1, 0.15) is 19.4 Å². The molecule has 0 fully saturated rings. The summed E-state index contributed by atoms with van der Waals surface area (Å²) >= 11 is 5.68. The van der Waals surface area contributed by atoms with Crippen LogP contribution < -0.4 is 0 Å². The van der Waals surface area contributed by atoms with Crippen molar-refractivity contribution in [3.8, 4) is 0 Å². The highest BCUT2D eigenvalue weighted by atomic mass is 35.5. The number of hydrogen-bond acceptors (Lipinski definition) is 2. The van der Waals surface area contributed by atoms with Crippen LogP contribution in [0.3, 0.4) is 0 Å². The van der Waals surface area contributed by atoms with Gasteiger partial charge in [0, 0.05) is 18.6 Å². The first kappa shape index (κ1) is 14.4. The second-order valence-electron chi connectivity index (χ2n) is 4.60. The summed E-state index contributed by atoms with van der Waals surface area (Å²) in [5.41, 5.74) is -0.619. The number of aliphatic hydroxyl groups is 1. The second-order valence-corrected chi connectivity index (χ2v) is 5.04. The normalized spacial score (nSPS) is 15.0. The molecule has 0 aliphatic carbocycles. The van der Waals surface area contributed by atoms with Crippen molar-refractivity contribution in [1.29, 1.82) is 0 Å². The van der Waals surface area contributed by atoms with E-state index in [9.17, 15) is 9.50 Å². The molecule has 4 heteroatoms. The van der Waals surface area contributed by atoms with Crippen LogP contribution in [0.15, 0.2) is 18.2 Å². The fraction of sp³-hybridized carbons (Fsp3) is 0.538. The Morgan fingerprint density at radius 2 is 2.12 bits per heavy atom. The van der Waals surface area contributed by atoms with E-state index in [4.69, 9.17) is 16.3 Å². The summed E-state index contributed by atoms with van der Waals surface area (Å²) in [4.78, 5) is 0. The molecule has 0 heterocycles. The minimum Gasteiger partial charge on any atom is -0.387 e. The average Bonchev–Trinajstić information content (AvgIpc) is 2.22. The van der Waals surface area contributed by atoms with Gasteiger partial charge < -0.3 is 9.84 Å². The number of rotatable bonds is 5. The topological polar surface area (TPSA) is 29.5 Å². The Hall–Kier alpha value is -0.640. The maximum Gasteiger partial charge on any atom is 0.127 e. The highest BCUT2D eigenvalue weighted by molar-refractivity contribution is 6.30. The third-order valence-corrected chi connectivity index (χ3v) is 3.22. The van der Waals surface area contributed by atoms with Crippen LogP contribution in [0.4, 0.5) is 4.39 Å². The molecule has 1 aromatic carbocycles. The molecule has 0 saturated heterocycles. The third-order valence-electron chi connectivity index (χ3n) is 2.98. The average molecular weight is 261 g/mol. The summed E-state index contributed by atoms with van der Waals surface area (Å²) in [5, 5.41) is 10.8. The summed E-state index contributed by atoms with van der Waals surface area (Å²) in [6.45, 7) is 3.94. The highest BCUT2D eigenvalue weighted by Gasteiger charge is 2.32. The van der Waals surface area contributed by atoms with Gasteiger partial charge in [0.1, 0.15) is 5.82 Å². The lowest BCUT2D eigenvalue weighted by Gasteiger charge is -2.31. The van der Waals surface area contributed by atoms with Crippen LogP contribution in [0.5, 0.6) is 0 Å². The standard InChI is InChI=1S/C13H18ClFO2/c1-9(2)13(16,8-17-3)7-10-4-5-11(14)6-12(10)15/h4-6,9,16H,7-8H2,1-3H3. The van der Waals surface area contributed by atoms with Crippen LogP contribution >= 0.6 is 11.6 Å². The Morgan fingerprint density at radius 1 is 1.47 bits per heavy atom. The summed E-state index contributed by atoms with van der Waals surface area (Å²) < 4.78 is 18.7. The maximum absolute atomic E-state index is 13.6. The van der Waals surface area contributed by atoms with Crippen molar-refractivity contribution in [3.05, 3.63) is 34.6 Å². The minimum absolute atomic E-state index is 0.0301. The first-order chi connectivity index (χ1) is 7.89. The lowest BCUT2D eigenvalue weighted by molar-refractivity contribution is -0.0641. The first-order valence-corrected chi connectivity index (χ1v) is 5.92. The van der Waals surface area contributed by atoms with Gasteiger partial charge in [0.15, 0.2) is 0 Å². The van der Waals surface area contributed by atoms with Gasteiger partial charge in [-0.1, -0.05) is 31.5 Å². The van der Waals surface area contributed by atoms with Crippen molar-refractivity contribution in [1.82, 2.24) is 0 Å². The molecule has 0 spiro atoms. The van der Waals surface area contributed by atoms with Crippen LogP contribution in [-0.4, -0.2) is 24.4 Å². The van der Waals surface area contributed by atoms with Crippen LogP contribution in [0.25, 0.3) is 0 Å². The summed E-state index contributed by atoms with van der Waals surface area (Å²) in [5.74, 6) is -0.426. The quantitative estimate of drug-likeness (QED) is 0.882. The SMILES string of the molecule is COCC(O)(Cc1ccc(Cl)cc1F)C(C)C. The molecular weight excluding hydrogens is 243 g/mol. The molecule has 0 radical (unpaired) electrons. The van der Waals surface area contributed by atoms with Crippen molar-refractivity contribution in [2.45, 2.75) is 25.9 Å². The smallest absolute Gasteiger partial charge is 0.127 e. The van der Waals surface area contributed by atoms with Crippen LogP contribution in [0.2, 0.25) is 5.02 Å². The van der Waals surface area contributed by atoms with E-state index in [1.54, 1.807) is 12.1 Å². The van der Waals surface area contributed by atoms with E-state index in [0.717, 1.165) is 0 Å². The molecule has 0 aliphatic rings. The lowest BCUT2D eigenvalue weighted by Crippen LogP contribution is -2.42. The van der Waals surface area contributed by atoms with Crippen molar-refractivity contribution in [2.24, 2.45) is 5.92 Å². The molecule has 0 aromatic heterocycles. The zero-order valence-corrected chi connectivity index (χ0v) is 11.1. The van der Waals surface area contributed by atoms with E-state index < -0.39 is 11.4 Å². The molecule has 1 rings (SSSR count). The molecule has 17 heavy (non-hydrogen) atoms. The number of methoxy groups -OCH3 is 1. The molecule has 0 saturated carbocycles. The summed E-state index contributed by atoms with van der Waals surface area (Å²) in [6.07, 6.45) is 0.210. The van der Waals surface area contributed by atoms with E-state index >= 15 is 0 Å². The Morgan fingerprint density at radius 3 is 2.59 bits per heavy atom. The van der Waals surface area contributed by atoms with Crippen LogP contribution in [-0.2, 0) is 11.2 Å². The van der Waals surface area contributed by atoms with Gasteiger partial charge in [-0.3, -0.25) is 0 Å². The molecule has 2 nitrogen and oxygen atoms in total. The summed E-state index contributed by atoms with van der Waals surface area (Å²) in [6, 6.07) is 4.47. The number of hydrogen-bond donors (Lipinski definition) is 1. The molecule has 1 aromatic rings. The van der Waals surface area contributed by atoms with Gasteiger partial charge >= 0.3 is 0 Å². The van der Waals surface area contributed by atoms with Gasteiger partial charge in [0.2, 0.25) is 0 Å². The molecule has 0 bridgehead atoms. The van der Waals surface area contributed by atoms with Gasteiger partial charge in [-0.2, -0.15) is 0 Å². The molecular formula is C13H18ClFO2. The first-order valence-electron chi connectivity index (χ1n) is 5.54. The predicted molar refractivity (Wildman–Crippen MR) is 66.8 cm³/mol.